The van der Waals surface area contributed by atoms with Crippen LogP contribution in [0.4, 0.5) is 11.5 Å². The van der Waals surface area contributed by atoms with Crippen LogP contribution in [0.25, 0.3) is 6.08 Å². The number of carbonyl (C=O) groups is 1. The lowest BCUT2D eigenvalue weighted by Crippen LogP contribution is -2.13. The van der Waals surface area contributed by atoms with Crippen LogP contribution in [0.2, 0.25) is 0 Å². The zero-order chi connectivity index (χ0) is 24.0. The van der Waals surface area contributed by atoms with Crippen molar-refractivity contribution in [1.82, 2.24) is 5.16 Å². The van der Waals surface area contributed by atoms with E-state index in [2.05, 4.69) is 26.4 Å². The first-order chi connectivity index (χ1) is 15.8. The topological polar surface area (TPSA) is 141 Å². The van der Waals surface area contributed by atoms with Gasteiger partial charge in [0.25, 0.3) is 11.6 Å². The number of halogens is 1. The van der Waals surface area contributed by atoms with Crippen molar-refractivity contribution in [2.75, 3.05) is 12.4 Å². The zero-order valence-corrected chi connectivity index (χ0v) is 19.1. The number of anilines is 1. The summed E-state index contributed by atoms with van der Waals surface area (Å²) in [5.74, 6) is 0.666. The van der Waals surface area contributed by atoms with Crippen LogP contribution in [0, 0.1) is 28.4 Å². The summed E-state index contributed by atoms with van der Waals surface area (Å²) in [6.07, 6.45) is 1.38. The number of para-hydroxylation sites is 1. The Balaban J connectivity index is 1.84. The Morgan fingerprint density at radius 2 is 2.12 bits per heavy atom. The maximum atomic E-state index is 12.4. The molecular formula is C22H17BrN4O6. The number of hydrogen-bond acceptors (Lipinski definition) is 8. The lowest BCUT2D eigenvalue weighted by molar-refractivity contribution is -0.385. The quantitative estimate of drug-likeness (QED) is 0.196. The second kappa shape index (κ2) is 10.4. The van der Waals surface area contributed by atoms with Gasteiger partial charge in [0.1, 0.15) is 24.0 Å². The summed E-state index contributed by atoms with van der Waals surface area (Å²) in [6, 6.07) is 12.8. The van der Waals surface area contributed by atoms with Gasteiger partial charge in [-0.15, -0.1) is 0 Å². The highest BCUT2D eigenvalue weighted by molar-refractivity contribution is 9.10. The van der Waals surface area contributed by atoms with E-state index < -0.39 is 10.8 Å². The van der Waals surface area contributed by atoms with E-state index in [-0.39, 0.29) is 23.7 Å². The molecule has 3 aromatic rings. The normalized spacial score (nSPS) is 10.9. The molecule has 1 N–H and O–H groups in total. The number of hydrogen-bond donors (Lipinski definition) is 1. The molecule has 0 saturated carbocycles. The number of ether oxygens (including phenoxy) is 2. The van der Waals surface area contributed by atoms with Gasteiger partial charge in [-0.1, -0.05) is 17.3 Å². The molecule has 0 atom stereocenters. The SMILES string of the molecule is COc1cc(C=C(C#N)C(=O)Nc2cc(C)on2)cc(Br)c1OCc1ccccc1[N+](=O)[O-]. The minimum atomic E-state index is -0.655. The summed E-state index contributed by atoms with van der Waals surface area (Å²) in [7, 11) is 1.43. The largest absolute Gasteiger partial charge is 0.493 e. The number of benzene rings is 2. The number of nitro groups is 1. The van der Waals surface area contributed by atoms with Crippen LogP contribution < -0.4 is 14.8 Å². The number of amides is 1. The summed E-state index contributed by atoms with van der Waals surface area (Å²) in [5.41, 5.74) is 0.657. The van der Waals surface area contributed by atoms with E-state index in [9.17, 15) is 20.2 Å². The minimum absolute atomic E-state index is 0.0564. The molecule has 0 bridgehead atoms. The first kappa shape index (κ1) is 23.5. The van der Waals surface area contributed by atoms with Gasteiger partial charge in [0.05, 0.1) is 22.1 Å². The maximum Gasteiger partial charge on any atom is 0.276 e. The van der Waals surface area contributed by atoms with E-state index in [1.165, 1.54) is 25.3 Å². The Labute approximate surface area is 196 Å². The smallest absolute Gasteiger partial charge is 0.276 e. The first-order valence-corrected chi connectivity index (χ1v) is 10.2. The number of nitro benzene ring substituents is 1. The molecule has 0 radical (unpaired) electrons. The third-order valence-electron chi connectivity index (χ3n) is 4.36. The van der Waals surface area contributed by atoms with Crippen molar-refractivity contribution in [3.05, 3.63) is 79.5 Å². The van der Waals surface area contributed by atoms with Crippen LogP contribution in [0.1, 0.15) is 16.9 Å². The van der Waals surface area contributed by atoms with Crippen LogP contribution in [0.5, 0.6) is 11.5 Å². The number of aryl methyl sites for hydroxylation is 1. The standard InChI is InChI=1S/C22H17BrN4O6/c1-13-7-20(26-33-13)25-22(28)16(11-24)8-14-9-17(23)21(19(10-14)31-2)32-12-15-5-3-4-6-18(15)27(29)30/h3-10H,12H2,1-2H3,(H,25,26,28). The molecule has 168 valence electrons. The molecule has 11 heteroatoms. The molecule has 33 heavy (non-hydrogen) atoms. The van der Waals surface area contributed by atoms with Crippen molar-refractivity contribution in [3.63, 3.8) is 0 Å². The molecular weight excluding hydrogens is 496 g/mol. The fourth-order valence-electron chi connectivity index (χ4n) is 2.85. The fourth-order valence-corrected chi connectivity index (χ4v) is 3.42. The van der Waals surface area contributed by atoms with Crippen LogP contribution in [0.3, 0.4) is 0 Å². The molecule has 0 aliphatic heterocycles. The molecule has 3 rings (SSSR count). The maximum absolute atomic E-state index is 12.4. The monoisotopic (exact) mass is 512 g/mol. The number of aromatic nitrogens is 1. The van der Waals surface area contributed by atoms with Crippen molar-refractivity contribution >= 4 is 39.4 Å². The van der Waals surface area contributed by atoms with Gasteiger partial charge >= 0.3 is 0 Å². The average Bonchev–Trinajstić information content (AvgIpc) is 3.20. The number of rotatable bonds is 8. The highest BCUT2D eigenvalue weighted by Gasteiger charge is 2.17. The van der Waals surface area contributed by atoms with E-state index in [0.717, 1.165) is 0 Å². The van der Waals surface area contributed by atoms with Gasteiger partial charge in [-0.25, -0.2) is 0 Å². The summed E-state index contributed by atoms with van der Waals surface area (Å²) >= 11 is 3.39. The Kier molecular flexibility index (Phi) is 7.42. The molecule has 10 nitrogen and oxygen atoms in total. The molecule has 0 fully saturated rings. The molecule has 0 unspecified atom stereocenters. The average molecular weight is 513 g/mol. The number of methoxy groups -OCH3 is 1. The molecule has 1 heterocycles. The van der Waals surface area contributed by atoms with Crippen molar-refractivity contribution in [3.8, 4) is 17.6 Å². The lowest BCUT2D eigenvalue weighted by Gasteiger charge is -2.14. The van der Waals surface area contributed by atoms with Gasteiger partial charge in [-0.05, 0) is 52.7 Å². The van der Waals surface area contributed by atoms with Gasteiger partial charge in [0.15, 0.2) is 17.3 Å². The second-order valence-electron chi connectivity index (χ2n) is 6.66. The van der Waals surface area contributed by atoms with E-state index in [4.69, 9.17) is 14.0 Å². The van der Waals surface area contributed by atoms with Gasteiger partial charge in [0.2, 0.25) is 0 Å². The molecule has 0 aliphatic rings. The van der Waals surface area contributed by atoms with E-state index in [1.807, 2.05) is 6.07 Å². The fraction of sp³-hybridized carbons (Fsp3) is 0.136. The van der Waals surface area contributed by atoms with Crippen molar-refractivity contribution < 1.29 is 23.7 Å². The van der Waals surface area contributed by atoms with E-state index in [0.29, 0.717) is 32.9 Å². The number of nitrogens with zero attached hydrogens (tertiary/aromatic N) is 3. The number of nitrogens with one attached hydrogen (secondary N) is 1. The van der Waals surface area contributed by atoms with E-state index >= 15 is 0 Å². The molecule has 1 amide bonds. The second-order valence-corrected chi connectivity index (χ2v) is 7.51. The summed E-state index contributed by atoms with van der Waals surface area (Å²) in [6.45, 7) is 1.61. The predicted octanol–water partition coefficient (Wildman–Crippen LogP) is 4.79. The Bertz CT molecular complexity index is 1280. The molecule has 1 aromatic heterocycles. The van der Waals surface area contributed by atoms with Crippen LogP contribution >= 0.6 is 15.9 Å². The highest BCUT2D eigenvalue weighted by Crippen LogP contribution is 2.38. The van der Waals surface area contributed by atoms with Crippen molar-refractivity contribution in [2.24, 2.45) is 0 Å². The Morgan fingerprint density at radius 3 is 2.76 bits per heavy atom. The third-order valence-corrected chi connectivity index (χ3v) is 4.95. The van der Waals surface area contributed by atoms with Crippen LogP contribution in [-0.4, -0.2) is 23.1 Å². The third kappa shape index (κ3) is 5.75. The van der Waals surface area contributed by atoms with Crippen LogP contribution in [0.15, 0.2) is 57.0 Å². The van der Waals surface area contributed by atoms with Gasteiger partial charge in [0, 0.05) is 12.1 Å². The highest BCUT2D eigenvalue weighted by atomic mass is 79.9. The summed E-state index contributed by atoms with van der Waals surface area (Å²) in [4.78, 5) is 23.1. The summed E-state index contributed by atoms with van der Waals surface area (Å²) in [5, 5.41) is 26.8. The Hall–Kier alpha value is -4.17. The molecule has 0 spiro atoms. The van der Waals surface area contributed by atoms with Crippen molar-refractivity contribution in [1.29, 1.82) is 5.26 Å². The van der Waals surface area contributed by atoms with Crippen molar-refractivity contribution in [2.45, 2.75) is 13.5 Å². The lowest BCUT2D eigenvalue weighted by atomic mass is 10.1. The number of nitriles is 1. The number of carbonyl (C=O) groups excluding carboxylic acids is 1. The molecule has 0 aliphatic carbocycles. The van der Waals surface area contributed by atoms with E-state index in [1.54, 1.807) is 37.3 Å². The zero-order valence-electron chi connectivity index (χ0n) is 17.5. The van der Waals surface area contributed by atoms with Crippen LogP contribution in [-0.2, 0) is 11.4 Å². The van der Waals surface area contributed by atoms with Gasteiger partial charge in [-0.2, -0.15) is 5.26 Å². The Morgan fingerprint density at radius 1 is 1.36 bits per heavy atom. The summed E-state index contributed by atoms with van der Waals surface area (Å²) < 4.78 is 16.5. The minimum Gasteiger partial charge on any atom is -0.493 e. The molecule has 2 aromatic carbocycles. The predicted molar refractivity (Wildman–Crippen MR) is 122 cm³/mol. The van der Waals surface area contributed by atoms with Gasteiger partial charge in [-0.3, -0.25) is 14.9 Å². The first-order valence-electron chi connectivity index (χ1n) is 9.41. The molecule has 0 saturated heterocycles. The van der Waals surface area contributed by atoms with Gasteiger partial charge < -0.3 is 19.3 Å².